The van der Waals surface area contributed by atoms with Gasteiger partial charge in [0.2, 0.25) is 0 Å². The number of nitrogens with one attached hydrogen (secondary N) is 1. The van der Waals surface area contributed by atoms with Gasteiger partial charge in [0.1, 0.15) is 5.75 Å². The number of fused-ring (bicyclic) bond motifs is 8. The molecule has 0 spiro atoms. The van der Waals surface area contributed by atoms with Gasteiger partial charge < -0.3 is 25.2 Å². The third-order valence-corrected chi connectivity index (χ3v) is 15.3. The molecule has 2 amide bonds. The van der Waals surface area contributed by atoms with Gasteiger partial charge in [-0.15, -0.1) is 0 Å². The van der Waals surface area contributed by atoms with Gasteiger partial charge in [-0.2, -0.15) is 0 Å². The molecule has 3 N–H and O–H groups in total. The fourth-order valence-corrected chi connectivity index (χ4v) is 12.6. The summed E-state index contributed by atoms with van der Waals surface area (Å²) in [6.45, 7) is 7.35. The molecule has 7 aliphatic carbocycles. The Kier molecular flexibility index (Phi) is 11.2. The molecule has 0 aliphatic heterocycles. The largest absolute Gasteiger partial charge is 0.497 e. The van der Waals surface area contributed by atoms with Gasteiger partial charge in [0.25, 0.3) is 0 Å². The highest BCUT2D eigenvalue weighted by atomic mass is 16.5. The minimum atomic E-state index is -1.19. The lowest BCUT2D eigenvalue weighted by Gasteiger charge is -2.58. The zero-order chi connectivity index (χ0) is 40.0. The molecule has 0 aromatic heterocycles. The van der Waals surface area contributed by atoms with Crippen LogP contribution >= 0.6 is 0 Å². The first-order valence-corrected chi connectivity index (χ1v) is 21.8. The predicted molar refractivity (Wildman–Crippen MR) is 225 cm³/mol. The predicted octanol–water partition coefficient (Wildman–Crippen LogP) is 9.95. The maximum absolute atomic E-state index is 14.8. The topological polar surface area (TPSA) is 99.1 Å². The maximum Gasteiger partial charge on any atom is 0.317 e. The first kappa shape index (κ1) is 39.9. The molecule has 0 heterocycles. The smallest absolute Gasteiger partial charge is 0.317 e. The number of ketones is 1. The van der Waals surface area contributed by atoms with Crippen LogP contribution in [0.4, 0.5) is 4.79 Å². The number of aliphatic hydroxyl groups excluding tert-OH is 1. The van der Waals surface area contributed by atoms with Crippen LogP contribution in [-0.2, 0) is 6.42 Å². The van der Waals surface area contributed by atoms with E-state index in [1.807, 2.05) is 60.4 Å². The molecular weight excluding hydrogens is 709 g/mol. The summed E-state index contributed by atoms with van der Waals surface area (Å²) in [5.74, 6) is 2.75. The number of rotatable bonds is 9. The fourth-order valence-electron chi connectivity index (χ4n) is 12.6. The Labute approximate surface area is 340 Å². The van der Waals surface area contributed by atoms with Gasteiger partial charge in [-0.25, -0.2) is 4.79 Å². The quantitative estimate of drug-likeness (QED) is 0.149. The minimum Gasteiger partial charge on any atom is -0.497 e. The van der Waals surface area contributed by atoms with E-state index in [-0.39, 0.29) is 35.7 Å². The van der Waals surface area contributed by atoms with Gasteiger partial charge in [-0.3, -0.25) is 4.79 Å². The Morgan fingerprint density at radius 1 is 0.912 bits per heavy atom. The van der Waals surface area contributed by atoms with Crippen molar-refractivity contribution in [2.24, 2.45) is 28.6 Å². The summed E-state index contributed by atoms with van der Waals surface area (Å²) in [5, 5.41) is 27.9. The number of urea groups is 1. The molecule has 7 nitrogen and oxygen atoms in total. The molecule has 57 heavy (non-hydrogen) atoms. The van der Waals surface area contributed by atoms with Crippen molar-refractivity contribution in [3.63, 3.8) is 0 Å². The van der Waals surface area contributed by atoms with E-state index in [0.717, 1.165) is 47.3 Å². The van der Waals surface area contributed by atoms with Crippen molar-refractivity contribution in [1.29, 1.82) is 0 Å². The number of methoxy groups -OCH3 is 1. The number of aliphatic hydroxyl groups is 2. The van der Waals surface area contributed by atoms with Crippen LogP contribution in [0.5, 0.6) is 5.75 Å². The van der Waals surface area contributed by atoms with Crippen LogP contribution in [0, 0.1) is 28.6 Å². The number of nitrogens with zero attached hydrogens (tertiary/aromatic N) is 1. The van der Waals surface area contributed by atoms with Crippen LogP contribution in [0.25, 0.3) is 0 Å². The summed E-state index contributed by atoms with van der Waals surface area (Å²) in [7, 11) is 1.62. The Morgan fingerprint density at radius 2 is 1.60 bits per heavy atom. The van der Waals surface area contributed by atoms with Crippen molar-refractivity contribution in [3.05, 3.63) is 112 Å². The van der Waals surface area contributed by atoms with Crippen LogP contribution < -0.4 is 10.1 Å². The zero-order valence-corrected chi connectivity index (χ0v) is 34.6. The summed E-state index contributed by atoms with van der Waals surface area (Å²) in [5.41, 5.74) is 3.65. The monoisotopic (exact) mass is 772 g/mol. The highest BCUT2D eigenvalue weighted by molar-refractivity contribution is 6.10. The van der Waals surface area contributed by atoms with E-state index in [1.165, 1.54) is 44.1 Å². The lowest BCUT2D eigenvalue weighted by molar-refractivity contribution is -0.0985. The van der Waals surface area contributed by atoms with Crippen molar-refractivity contribution in [3.8, 4) is 5.75 Å². The average Bonchev–Trinajstić information content (AvgIpc) is 3.44. The molecule has 0 radical (unpaired) electrons. The SMILES string of the molecule is COc1ccc(C(=O)c2cc3ccc2[C@@H]2CC[C@@](O)(CN(CC45CC6CC(CC(C6)C4)C5)C(=O)N[C@H](C)c4ccccc4)[C@@]2(C)CCC=C(C)CC[C@H](O)C3)cc1. The molecule has 7 heteroatoms. The highest BCUT2D eigenvalue weighted by Gasteiger charge is 2.59. The number of benzene rings is 3. The number of allylic oxidation sites excluding steroid dienone is 2. The number of ether oxygens (including phenoxy) is 1. The highest BCUT2D eigenvalue weighted by Crippen LogP contribution is 2.62. The minimum absolute atomic E-state index is 0.0673. The summed E-state index contributed by atoms with van der Waals surface area (Å²) in [6.07, 6.45) is 13.9. The van der Waals surface area contributed by atoms with Crippen LogP contribution in [0.3, 0.4) is 0 Å². The number of carbonyl (C=O) groups excluding carboxylic acids is 2. The van der Waals surface area contributed by atoms with Crippen molar-refractivity contribution in [2.45, 2.75) is 128 Å². The van der Waals surface area contributed by atoms with Crippen LogP contribution in [-0.4, -0.2) is 58.8 Å². The second-order valence-electron chi connectivity index (χ2n) is 19.4. The van der Waals surface area contributed by atoms with Crippen molar-refractivity contribution >= 4 is 11.8 Å². The van der Waals surface area contributed by atoms with Gasteiger partial charge in [0.05, 0.1) is 31.4 Å². The molecule has 304 valence electrons. The first-order valence-electron chi connectivity index (χ1n) is 21.8. The maximum atomic E-state index is 14.8. The molecule has 0 unspecified atom stereocenters. The van der Waals surface area contributed by atoms with E-state index >= 15 is 0 Å². The van der Waals surface area contributed by atoms with Gasteiger partial charge in [0.15, 0.2) is 5.78 Å². The van der Waals surface area contributed by atoms with Gasteiger partial charge in [-0.1, -0.05) is 61.0 Å². The molecule has 5 fully saturated rings. The summed E-state index contributed by atoms with van der Waals surface area (Å²) >= 11 is 0. The van der Waals surface area contributed by atoms with Crippen molar-refractivity contribution in [2.75, 3.05) is 20.2 Å². The van der Waals surface area contributed by atoms with E-state index in [9.17, 15) is 19.8 Å². The Bertz CT molecular complexity index is 1920. The van der Waals surface area contributed by atoms with Crippen molar-refractivity contribution < 1.29 is 24.5 Å². The molecule has 5 atom stereocenters. The number of hydrogen-bond donors (Lipinski definition) is 3. The lowest BCUT2D eigenvalue weighted by Crippen LogP contribution is -2.59. The number of carbonyl (C=O) groups is 2. The molecule has 7 aliphatic rings. The third kappa shape index (κ3) is 8.08. The molecule has 3 aromatic rings. The molecule has 0 saturated heterocycles. The molecule has 5 saturated carbocycles. The van der Waals surface area contributed by atoms with Crippen LogP contribution in [0.2, 0.25) is 0 Å². The Hall–Kier alpha value is -3.94. The van der Waals surface area contributed by atoms with Gasteiger partial charge >= 0.3 is 6.03 Å². The zero-order valence-electron chi connectivity index (χ0n) is 34.6. The molecular formula is C50H64N2O5. The standard InChI is InChI=1S/C50H64N2O5/c1-33-9-8-21-48(3)45(43-19-13-35(26-41(53)16-12-33)27-44(43)46(54)40-14-17-42(57-4)18-15-40)20-22-50(48,56)32-52(47(55)51-34(2)39-10-6-5-7-11-39)31-49-28-36-23-37(29-49)25-38(24-36)30-49/h5-7,9-11,13-15,17-19,27,34,36-38,41,45,53,56H,8,12,16,20-26,28-32H2,1-4H3,(H,51,55)/t34-,36?,37?,38?,41+,45+,48+,49?,50-/m1/s1. The normalized spacial score (nSPS) is 32.5. The van der Waals surface area contributed by atoms with Crippen LogP contribution in [0.15, 0.2) is 84.4 Å². The molecule has 3 aromatic carbocycles. The van der Waals surface area contributed by atoms with Gasteiger partial charge in [0, 0.05) is 23.1 Å². The average molecular weight is 773 g/mol. The van der Waals surface area contributed by atoms with Crippen LogP contribution in [0.1, 0.15) is 142 Å². The molecule has 10 rings (SSSR count). The summed E-state index contributed by atoms with van der Waals surface area (Å²) in [6, 6.07) is 23.3. The van der Waals surface area contributed by atoms with Crippen molar-refractivity contribution in [1.82, 2.24) is 10.2 Å². The summed E-state index contributed by atoms with van der Waals surface area (Å²) in [4.78, 5) is 31.4. The second kappa shape index (κ2) is 16.0. The van der Waals surface area contributed by atoms with E-state index in [0.29, 0.717) is 55.5 Å². The molecule has 6 bridgehead atoms. The number of amides is 2. The van der Waals surface area contributed by atoms with E-state index in [2.05, 4.69) is 49.5 Å². The van der Waals surface area contributed by atoms with E-state index in [4.69, 9.17) is 4.74 Å². The first-order chi connectivity index (χ1) is 27.4. The summed E-state index contributed by atoms with van der Waals surface area (Å²) < 4.78 is 5.40. The Balaban J connectivity index is 1.17. The van der Waals surface area contributed by atoms with Gasteiger partial charge in [-0.05, 0) is 173 Å². The number of hydrogen-bond acceptors (Lipinski definition) is 5. The third-order valence-electron chi connectivity index (χ3n) is 15.3. The lowest BCUT2D eigenvalue weighted by atomic mass is 9.49. The Morgan fingerprint density at radius 3 is 2.26 bits per heavy atom. The van der Waals surface area contributed by atoms with E-state index < -0.39 is 17.1 Å². The second-order valence-corrected chi connectivity index (χ2v) is 19.4. The van der Waals surface area contributed by atoms with E-state index in [1.54, 1.807) is 7.11 Å². The fraction of sp³-hybridized carbons (Fsp3) is 0.560.